The van der Waals surface area contributed by atoms with Crippen LogP contribution < -0.4 is 4.90 Å². The van der Waals surface area contributed by atoms with E-state index in [9.17, 15) is 19.8 Å². The van der Waals surface area contributed by atoms with Crippen LogP contribution in [0.4, 0.5) is 5.82 Å². The van der Waals surface area contributed by atoms with E-state index in [-0.39, 0.29) is 41.3 Å². The van der Waals surface area contributed by atoms with Gasteiger partial charge in [-0.15, -0.1) is 0 Å². The smallest absolute Gasteiger partial charge is 0.178 e. The molecule has 4 fully saturated rings. The van der Waals surface area contributed by atoms with Crippen molar-refractivity contribution >= 4 is 17.4 Å². The standard InChI is InChI=1S/C30H39N3O4/c1-28-10-8-21(34)17-20(28)6-7-22-23-9-11-30(37,29(23,2)18-24(35)27(22)28)25(36)19-32-13-15-33(16-14-32)26-5-3-4-12-31-26/h3-5,8,10,12,17,22-24,27,35,37H,6-7,9,11,13-16,18-19H2,1-2H3/t22?,23?,24-,27?,28?,29?,30-/m0/s1. The van der Waals surface area contributed by atoms with E-state index in [0.29, 0.717) is 12.8 Å². The zero-order chi connectivity index (χ0) is 26.0. The number of aliphatic hydroxyl groups is 2. The summed E-state index contributed by atoms with van der Waals surface area (Å²) in [6.45, 7) is 7.56. The average Bonchev–Trinajstić information content (AvgIpc) is 3.16. The van der Waals surface area contributed by atoms with Crippen LogP contribution in [-0.4, -0.2) is 76.1 Å². The van der Waals surface area contributed by atoms with E-state index in [1.807, 2.05) is 24.3 Å². The third-order valence-corrected chi connectivity index (χ3v) is 10.8. The molecule has 1 saturated heterocycles. The van der Waals surface area contributed by atoms with Gasteiger partial charge in [0.25, 0.3) is 0 Å². The number of aliphatic hydroxyl groups excluding tert-OH is 1. The van der Waals surface area contributed by atoms with E-state index in [1.165, 1.54) is 0 Å². The molecule has 37 heavy (non-hydrogen) atoms. The maximum Gasteiger partial charge on any atom is 0.178 e. The van der Waals surface area contributed by atoms with Crippen molar-refractivity contribution in [2.45, 2.75) is 57.7 Å². The van der Waals surface area contributed by atoms with Crippen LogP contribution in [0.1, 0.15) is 46.0 Å². The number of piperazine rings is 1. The number of rotatable bonds is 4. The average molecular weight is 506 g/mol. The molecule has 5 aliphatic rings. The molecule has 0 amide bonds. The highest BCUT2D eigenvalue weighted by Gasteiger charge is 2.68. The monoisotopic (exact) mass is 505 g/mol. The van der Waals surface area contributed by atoms with Gasteiger partial charge < -0.3 is 15.1 Å². The third-order valence-electron chi connectivity index (χ3n) is 10.8. The summed E-state index contributed by atoms with van der Waals surface area (Å²) in [5.41, 5.74) is -1.28. The van der Waals surface area contributed by atoms with Gasteiger partial charge in [0.15, 0.2) is 11.6 Å². The quantitative estimate of drug-likeness (QED) is 0.650. The van der Waals surface area contributed by atoms with Crippen molar-refractivity contribution < 1.29 is 19.8 Å². The van der Waals surface area contributed by atoms with Crippen LogP contribution >= 0.6 is 0 Å². The molecule has 6 rings (SSSR count). The van der Waals surface area contributed by atoms with Gasteiger partial charge in [0.2, 0.25) is 0 Å². The molecule has 7 nitrogen and oxygen atoms in total. The molecule has 1 aromatic heterocycles. The summed E-state index contributed by atoms with van der Waals surface area (Å²) in [5.74, 6) is 1.30. The molecular weight excluding hydrogens is 466 g/mol. The molecule has 5 unspecified atom stereocenters. The van der Waals surface area contributed by atoms with Crippen molar-refractivity contribution in [3.05, 3.63) is 48.2 Å². The van der Waals surface area contributed by atoms with Gasteiger partial charge in [0, 0.05) is 49.1 Å². The van der Waals surface area contributed by atoms with Crippen LogP contribution in [-0.2, 0) is 9.59 Å². The highest BCUT2D eigenvalue weighted by Crippen LogP contribution is 2.67. The second-order valence-corrected chi connectivity index (χ2v) is 12.5. The lowest BCUT2D eigenvalue weighted by Crippen LogP contribution is -2.62. The largest absolute Gasteiger partial charge is 0.393 e. The van der Waals surface area contributed by atoms with Gasteiger partial charge in [0.05, 0.1) is 12.6 Å². The van der Waals surface area contributed by atoms with Gasteiger partial charge in [-0.05, 0) is 68.2 Å². The summed E-state index contributed by atoms with van der Waals surface area (Å²) >= 11 is 0. The Bertz CT molecular complexity index is 1140. The first kappa shape index (κ1) is 25.0. The van der Waals surface area contributed by atoms with Crippen molar-refractivity contribution in [3.8, 4) is 0 Å². The number of aromatic nitrogens is 1. The normalized spacial score (nSPS) is 41.6. The maximum atomic E-state index is 13.8. The molecule has 3 saturated carbocycles. The number of hydrogen-bond donors (Lipinski definition) is 2. The van der Waals surface area contributed by atoms with E-state index in [2.05, 4.69) is 28.6 Å². The Balaban J connectivity index is 1.17. The first-order valence-electron chi connectivity index (χ1n) is 13.9. The fraction of sp³-hybridized carbons (Fsp3) is 0.633. The van der Waals surface area contributed by atoms with Crippen molar-refractivity contribution in [2.75, 3.05) is 37.6 Å². The molecule has 1 aromatic rings. The molecule has 0 bridgehead atoms. The van der Waals surface area contributed by atoms with Crippen LogP contribution in [0, 0.1) is 28.6 Å². The molecule has 4 aliphatic carbocycles. The number of fused-ring (bicyclic) bond motifs is 5. The SMILES string of the molecule is CC12C=CC(=O)C=C1CCC1C2[C@@H](O)CC2(C)C1CC[C@]2(O)C(=O)CN1CCN(c2ccccn2)CC1. The lowest BCUT2D eigenvalue weighted by Gasteiger charge is -2.59. The van der Waals surface area contributed by atoms with Crippen molar-refractivity contribution in [1.29, 1.82) is 0 Å². The summed E-state index contributed by atoms with van der Waals surface area (Å²) in [4.78, 5) is 34.7. The van der Waals surface area contributed by atoms with E-state index in [1.54, 1.807) is 18.3 Å². The minimum absolute atomic E-state index is 0.00653. The molecule has 7 heteroatoms. The lowest BCUT2D eigenvalue weighted by molar-refractivity contribution is -0.177. The Hall–Kier alpha value is -2.35. The summed E-state index contributed by atoms with van der Waals surface area (Å²) in [7, 11) is 0. The molecule has 2 N–H and O–H groups in total. The van der Waals surface area contributed by atoms with Crippen LogP contribution in [0.2, 0.25) is 0 Å². The topological polar surface area (TPSA) is 94.0 Å². The molecule has 0 spiro atoms. The Labute approximate surface area is 219 Å². The highest BCUT2D eigenvalue weighted by molar-refractivity contribution is 6.01. The second kappa shape index (κ2) is 8.85. The summed E-state index contributed by atoms with van der Waals surface area (Å²) < 4.78 is 0. The first-order valence-corrected chi connectivity index (χ1v) is 13.9. The number of ketones is 2. The lowest BCUT2D eigenvalue weighted by atomic mass is 9.46. The molecule has 2 heterocycles. The van der Waals surface area contributed by atoms with Crippen LogP contribution in [0.3, 0.4) is 0 Å². The van der Waals surface area contributed by atoms with E-state index < -0.39 is 17.1 Å². The molecule has 7 atom stereocenters. The van der Waals surface area contributed by atoms with Crippen molar-refractivity contribution in [1.82, 2.24) is 9.88 Å². The van der Waals surface area contributed by atoms with Crippen molar-refractivity contribution in [2.24, 2.45) is 28.6 Å². The predicted molar refractivity (Wildman–Crippen MR) is 141 cm³/mol. The number of pyridine rings is 1. The van der Waals surface area contributed by atoms with E-state index >= 15 is 0 Å². The molecule has 0 aromatic carbocycles. The predicted octanol–water partition coefficient (Wildman–Crippen LogP) is 2.78. The fourth-order valence-electron chi connectivity index (χ4n) is 8.80. The summed E-state index contributed by atoms with van der Waals surface area (Å²) in [6, 6.07) is 5.91. The number of hydrogen-bond acceptors (Lipinski definition) is 7. The second-order valence-electron chi connectivity index (χ2n) is 12.5. The number of carbonyl (C=O) groups is 2. The Morgan fingerprint density at radius 3 is 2.68 bits per heavy atom. The Morgan fingerprint density at radius 1 is 1.16 bits per heavy atom. The van der Waals surface area contributed by atoms with Crippen LogP contribution in [0.5, 0.6) is 0 Å². The maximum absolute atomic E-state index is 13.8. The minimum Gasteiger partial charge on any atom is -0.393 e. The molecule has 1 aliphatic heterocycles. The van der Waals surface area contributed by atoms with Gasteiger partial charge >= 0.3 is 0 Å². The van der Waals surface area contributed by atoms with Gasteiger partial charge in [-0.1, -0.05) is 31.6 Å². The fourth-order valence-corrected chi connectivity index (χ4v) is 8.80. The first-order chi connectivity index (χ1) is 17.7. The minimum atomic E-state index is -1.42. The third kappa shape index (κ3) is 3.76. The number of anilines is 1. The van der Waals surface area contributed by atoms with E-state index in [4.69, 9.17) is 0 Å². The highest BCUT2D eigenvalue weighted by atomic mass is 16.3. The van der Waals surface area contributed by atoms with Crippen molar-refractivity contribution in [3.63, 3.8) is 0 Å². The van der Waals surface area contributed by atoms with Crippen LogP contribution in [0.25, 0.3) is 0 Å². The zero-order valence-electron chi connectivity index (χ0n) is 22.0. The number of Topliss-reactive ketones (excluding diaryl/α,β-unsaturated/α-hetero) is 1. The Morgan fingerprint density at radius 2 is 1.95 bits per heavy atom. The molecular formula is C30H39N3O4. The number of carbonyl (C=O) groups excluding carboxylic acids is 2. The summed E-state index contributed by atoms with van der Waals surface area (Å²) in [5, 5.41) is 23.6. The van der Waals surface area contributed by atoms with Gasteiger partial charge in [-0.2, -0.15) is 0 Å². The summed E-state index contributed by atoms with van der Waals surface area (Å²) in [6.07, 6.45) is 10.00. The van der Waals surface area contributed by atoms with E-state index in [0.717, 1.165) is 56.8 Å². The van der Waals surface area contributed by atoms with Gasteiger partial charge in [-0.3, -0.25) is 14.5 Å². The number of allylic oxidation sites excluding steroid dienone is 4. The number of nitrogens with zero attached hydrogens (tertiary/aromatic N) is 3. The zero-order valence-corrected chi connectivity index (χ0v) is 22.0. The van der Waals surface area contributed by atoms with Gasteiger partial charge in [0.1, 0.15) is 11.4 Å². The Kier molecular flexibility index (Phi) is 5.97. The van der Waals surface area contributed by atoms with Gasteiger partial charge in [-0.25, -0.2) is 4.98 Å². The van der Waals surface area contributed by atoms with Crippen LogP contribution in [0.15, 0.2) is 48.2 Å². The molecule has 0 radical (unpaired) electrons. The molecule has 198 valence electrons.